The lowest BCUT2D eigenvalue weighted by molar-refractivity contribution is -0.396. The van der Waals surface area contributed by atoms with Crippen LogP contribution in [-0.4, -0.2) is 42.5 Å². The van der Waals surface area contributed by atoms with Gasteiger partial charge in [0.2, 0.25) is 0 Å². The molecule has 0 bridgehead atoms. The van der Waals surface area contributed by atoms with Crippen molar-refractivity contribution in [2.75, 3.05) is 23.4 Å². The molecule has 1 unspecified atom stereocenters. The van der Waals surface area contributed by atoms with Gasteiger partial charge in [0.15, 0.2) is 0 Å². The summed E-state index contributed by atoms with van der Waals surface area (Å²) in [5.41, 5.74) is 6.20. The van der Waals surface area contributed by atoms with Gasteiger partial charge in [0.05, 0.1) is 7.05 Å². The maximum absolute atomic E-state index is 12.5. The Morgan fingerprint density at radius 2 is 2.32 bits per heavy atom. The summed E-state index contributed by atoms with van der Waals surface area (Å²) in [5.74, 6) is -0.0313. The van der Waals surface area contributed by atoms with Gasteiger partial charge in [0.1, 0.15) is 18.5 Å². The van der Waals surface area contributed by atoms with E-state index in [4.69, 9.17) is 21.6 Å². The predicted molar refractivity (Wildman–Crippen MR) is 92.2 cm³/mol. The van der Waals surface area contributed by atoms with Gasteiger partial charge in [0.25, 0.3) is 0 Å². The van der Waals surface area contributed by atoms with Gasteiger partial charge in [-0.1, -0.05) is 27.6 Å². The first kappa shape index (κ1) is 19.8. The highest BCUT2D eigenvalue weighted by Crippen LogP contribution is 2.43. The molecule has 0 aliphatic heterocycles. The molecule has 9 nitrogen and oxygen atoms in total. The third-order valence-electron chi connectivity index (χ3n) is 2.91. The van der Waals surface area contributed by atoms with Crippen LogP contribution in [0.1, 0.15) is 12.1 Å². The minimum absolute atomic E-state index is 0.131. The lowest BCUT2D eigenvalue weighted by Crippen LogP contribution is -2.29. The van der Waals surface area contributed by atoms with E-state index in [1.165, 1.54) is 22.5 Å². The fourth-order valence-corrected chi connectivity index (χ4v) is 3.65. The number of hydrogen-bond acceptors (Lipinski definition) is 5. The van der Waals surface area contributed by atoms with E-state index in [1.54, 1.807) is 0 Å². The molecule has 0 saturated carbocycles. The van der Waals surface area contributed by atoms with E-state index in [0.29, 0.717) is 18.8 Å². The quantitative estimate of drug-likeness (QED) is 0.185. The van der Waals surface area contributed by atoms with Crippen molar-refractivity contribution in [2.45, 2.75) is 13.0 Å². The number of aromatic nitrogens is 2. The second-order valence-electron chi connectivity index (χ2n) is 4.39. The number of halogens is 2. The minimum Gasteiger partial charge on any atom is -0.390 e. The number of hydrogen-bond donors (Lipinski definition) is 1. The van der Waals surface area contributed by atoms with E-state index in [2.05, 4.69) is 27.6 Å². The van der Waals surface area contributed by atoms with E-state index in [-0.39, 0.29) is 18.4 Å². The van der Waals surface area contributed by atoms with E-state index in [1.807, 2.05) is 0 Å². The van der Waals surface area contributed by atoms with Crippen LogP contribution in [0.15, 0.2) is 6.20 Å². The van der Waals surface area contributed by atoms with Crippen LogP contribution in [0.2, 0.25) is 0 Å². The van der Waals surface area contributed by atoms with Gasteiger partial charge in [-0.2, -0.15) is 0 Å². The average Bonchev–Trinajstić information content (AvgIpc) is 2.82. The molecule has 0 fully saturated rings. The fraction of sp³-hybridized carbons (Fsp3) is 0.700. The van der Waals surface area contributed by atoms with Crippen LogP contribution in [-0.2, 0) is 22.7 Å². The fourth-order valence-electron chi connectivity index (χ4n) is 1.71. The molecule has 0 aliphatic rings. The lowest BCUT2D eigenvalue weighted by atomic mass is 10.5. The molecule has 0 amide bonds. The van der Waals surface area contributed by atoms with Crippen molar-refractivity contribution in [3.05, 3.63) is 22.0 Å². The topological polar surface area (TPSA) is 117 Å². The van der Waals surface area contributed by atoms with Crippen molar-refractivity contribution >= 4 is 47.8 Å². The van der Waals surface area contributed by atoms with Crippen LogP contribution in [0, 0.1) is 10.1 Å². The van der Waals surface area contributed by atoms with Gasteiger partial charge in [0, 0.05) is 23.4 Å². The standard InChI is InChI=1S/C10H18ClIN5O4P/c1-15-9(7-14-10(15)17(18)19)8-21-22(13,20)16(6-3-11)5-2-4-12/h7H,2-6,8H2,1H3,(H2,13,20). The molecule has 0 spiro atoms. The maximum Gasteiger partial charge on any atom is 0.434 e. The Balaban J connectivity index is 2.74. The second kappa shape index (κ2) is 9.14. The summed E-state index contributed by atoms with van der Waals surface area (Å²) in [5, 5.41) is 10.7. The number of alkyl halides is 2. The molecule has 0 radical (unpaired) electrons. The SMILES string of the molecule is Cn1c(COP(N)(=O)N(CCCl)CCCI)cnc1[N+](=O)[O-]. The molecule has 0 aromatic carbocycles. The number of imidazole rings is 1. The molecular formula is C10H18ClIN5O4P. The van der Waals surface area contributed by atoms with Gasteiger partial charge < -0.3 is 10.1 Å². The number of nitro groups is 1. The highest BCUT2D eigenvalue weighted by Gasteiger charge is 2.28. The molecule has 1 aromatic heterocycles. The Labute approximate surface area is 147 Å². The van der Waals surface area contributed by atoms with Crippen molar-refractivity contribution in [3.8, 4) is 0 Å². The molecule has 126 valence electrons. The summed E-state index contributed by atoms with van der Waals surface area (Å²) in [6, 6.07) is 0. The largest absolute Gasteiger partial charge is 0.434 e. The molecule has 1 atom stereocenters. The summed E-state index contributed by atoms with van der Waals surface area (Å²) in [6.45, 7) is 0.723. The molecule has 2 N–H and O–H groups in total. The Morgan fingerprint density at radius 3 is 2.82 bits per heavy atom. The smallest absolute Gasteiger partial charge is 0.390 e. The van der Waals surface area contributed by atoms with Crippen molar-refractivity contribution in [1.29, 1.82) is 0 Å². The summed E-state index contributed by atoms with van der Waals surface area (Å²) in [7, 11) is -2.03. The van der Waals surface area contributed by atoms with Crippen LogP contribution in [0.25, 0.3) is 0 Å². The summed E-state index contributed by atoms with van der Waals surface area (Å²) in [6.07, 6.45) is 2.11. The maximum atomic E-state index is 12.5. The zero-order chi connectivity index (χ0) is 16.8. The lowest BCUT2D eigenvalue weighted by Gasteiger charge is -2.26. The van der Waals surface area contributed by atoms with E-state index < -0.39 is 12.6 Å². The number of nitrogens with two attached hydrogens (primary N) is 1. The summed E-state index contributed by atoms with van der Waals surface area (Å²) in [4.78, 5) is 13.8. The molecule has 12 heteroatoms. The highest BCUT2D eigenvalue weighted by molar-refractivity contribution is 14.1. The van der Waals surface area contributed by atoms with Gasteiger partial charge in [-0.05, 0) is 11.3 Å². The van der Waals surface area contributed by atoms with E-state index in [9.17, 15) is 14.7 Å². The van der Waals surface area contributed by atoms with Crippen LogP contribution < -0.4 is 5.50 Å². The third kappa shape index (κ3) is 5.43. The van der Waals surface area contributed by atoms with Crippen LogP contribution >= 0.6 is 41.9 Å². The highest BCUT2D eigenvalue weighted by atomic mass is 127. The van der Waals surface area contributed by atoms with Gasteiger partial charge >= 0.3 is 13.6 Å². The summed E-state index contributed by atoms with van der Waals surface area (Å²) >= 11 is 7.91. The van der Waals surface area contributed by atoms with E-state index in [0.717, 1.165) is 10.8 Å². The summed E-state index contributed by atoms with van der Waals surface area (Å²) < 4.78 is 21.5. The predicted octanol–water partition coefficient (Wildman–Crippen LogP) is 2.28. The minimum atomic E-state index is -3.51. The second-order valence-corrected chi connectivity index (χ2v) is 7.80. The number of nitrogens with zero attached hydrogens (tertiary/aromatic N) is 4. The molecule has 22 heavy (non-hydrogen) atoms. The molecule has 0 saturated heterocycles. The van der Waals surface area contributed by atoms with Crippen LogP contribution in [0.4, 0.5) is 5.95 Å². The average molecular weight is 466 g/mol. The monoisotopic (exact) mass is 465 g/mol. The van der Waals surface area contributed by atoms with E-state index >= 15 is 0 Å². The molecule has 1 rings (SSSR count). The first-order valence-electron chi connectivity index (χ1n) is 6.39. The zero-order valence-corrected chi connectivity index (χ0v) is 15.8. The first-order valence-corrected chi connectivity index (χ1v) is 10.1. The van der Waals surface area contributed by atoms with Gasteiger partial charge in [-0.15, -0.1) is 11.6 Å². The van der Waals surface area contributed by atoms with Crippen LogP contribution in [0.3, 0.4) is 0 Å². The van der Waals surface area contributed by atoms with Crippen molar-refractivity contribution in [1.82, 2.24) is 14.2 Å². The zero-order valence-electron chi connectivity index (χ0n) is 12.0. The van der Waals surface area contributed by atoms with Crippen LogP contribution in [0.5, 0.6) is 0 Å². The Morgan fingerprint density at radius 1 is 1.64 bits per heavy atom. The first-order chi connectivity index (χ1) is 10.3. The third-order valence-corrected chi connectivity index (χ3v) is 5.53. The van der Waals surface area contributed by atoms with Gasteiger partial charge in [-0.3, -0.25) is 9.09 Å². The normalized spacial score (nSPS) is 14.2. The molecule has 1 aromatic rings. The van der Waals surface area contributed by atoms with Crippen molar-refractivity contribution < 1.29 is 14.0 Å². The molecule has 1 heterocycles. The molecular weight excluding hydrogens is 447 g/mol. The van der Waals surface area contributed by atoms with Crippen molar-refractivity contribution in [3.63, 3.8) is 0 Å². The van der Waals surface area contributed by atoms with Crippen molar-refractivity contribution in [2.24, 2.45) is 12.6 Å². The van der Waals surface area contributed by atoms with Gasteiger partial charge in [-0.25, -0.2) is 14.7 Å². The Hall–Kier alpha value is -0.260. The number of rotatable bonds is 10. The Kier molecular flexibility index (Phi) is 8.22. The Bertz CT molecular complexity index is 557. The molecule has 0 aliphatic carbocycles.